The molecule has 1 saturated heterocycles. The highest BCUT2D eigenvalue weighted by atomic mass is 127. The van der Waals surface area contributed by atoms with E-state index in [9.17, 15) is 9.90 Å². The van der Waals surface area contributed by atoms with Crippen molar-refractivity contribution < 1.29 is 19.4 Å². The van der Waals surface area contributed by atoms with Gasteiger partial charge in [0.1, 0.15) is 11.5 Å². The van der Waals surface area contributed by atoms with Crippen molar-refractivity contribution >= 4 is 35.8 Å². The molecule has 1 fully saturated rings. The van der Waals surface area contributed by atoms with Crippen molar-refractivity contribution in [2.45, 2.75) is 6.54 Å². The molecule has 3 N–H and O–H groups in total. The quantitative estimate of drug-likeness (QED) is 0.198. The average Bonchev–Trinajstić information content (AvgIpc) is 2.71. The molecule has 164 valence electrons. The number of nitrogens with one attached hydrogen (secondary N) is 2. The number of ether oxygens (including phenoxy) is 2. The van der Waals surface area contributed by atoms with Gasteiger partial charge in [0.05, 0.1) is 20.3 Å². The Bertz CT molecular complexity index is 666. The highest BCUT2D eigenvalue weighted by molar-refractivity contribution is 14.0. The van der Waals surface area contributed by atoms with Crippen LogP contribution in [-0.4, -0.2) is 93.9 Å². The highest BCUT2D eigenvalue weighted by Crippen LogP contribution is 2.22. The van der Waals surface area contributed by atoms with Gasteiger partial charge in [-0.15, -0.1) is 24.0 Å². The summed E-state index contributed by atoms with van der Waals surface area (Å²) in [5.41, 5.74) is 0.742. The molecular weight excluding hydrogens is 489 g/mol. The average molecular weight is 521 g/mol. The van der Waals surface area contributed by atoms with E-state index in [1.807, 2.05) is 0 Å². The van der Waals surface area contributed by atoms with Gasteiger partial charge in [0, 0.05) is 59.0 Å². The van der Waals surface area contributed by atoms with Crippen LogP contribution in [0.1, 0.15) is 5.56 Å². The van der Waals surface area contributed by atoms with Crippen LogP contribution in [0.25, 0.3) is 0 Å². The number of guanidine groups is 1. The largest absolute Gasteiger partial charge is 0.508 e. The molecule has 0 saturated carbocycles. The van der Waals surface area contributed by atoms with Gasteiger partial charge in [-0.1, -0.05) is 0 Å². The van der Waals surface area contributed by atoms with Crippen LogP contribution in [0.5, 0.6) is 11.5 Å². The smallest absolute Gasteiger partial charge is 0.234 e. The van der Waals surface area contributed by atoms with E-state index in [1.54, 1.807) is 39.5 Å². The van der Waals surface area contributed by atoms with Gasteiger partial charge in [-0.2, -0.15) is 0 Å². The number of halogens is 1. The van der Waals surface area contributed by atoms with Crippen LogP contribution in [0.4, 0.5) is 0 Å². The summed E-state index contributed by atoms with van der Waals surface area (Å²) >= 11 is 0. The Morgan fingerprint density at radius 3 is 2.55 bits per heavy atom. The number of benzene rings is 1. The lowest BCUT2D eigenvalue weighted by atomic mass is 10.2. The molecule has 0 spiro atoms. The van der Waals surface area contributed by atoms with E-state index in [1.165, 1.54) is 0 Å². The first-order valence-electron chi connectivity index (χ1n) is 9.36. The minimum absolute atomic E-state index is 0. The molecule has 0 aliphatic carbocycles. The second kappa shape index (κ2) is 13.4. The monoisotopic (exact) mass is 521 g/mol. The number of nitrogens with zero attached hydrogens (tertiary/aromatic N) is 3. The SMILES string of the molecule is CN=C(NCc1cc(OC)ccc1O)N1CCN(CC(=O)NCCOC)CC1.I. The summed E-state index contributed by atoms with van der Waals surface area (Å²) in [7, 11) is 4.95. The minimum atomic E-state index is 0. The van der Waals surface area contributed by atoms with Gasteiger partial charge in [0.2, 0.25) is 5.91 Å². The number of phenols is 1. The first-order valence-corrected chi connectivity index (χ1v) is 9.36. The second-order valence-electron chi connectivity index (χ2n) is 6.50. The Hall–Kier alpha value is -1.79. The molecule has 0 unspecified atom stereocenters. The summed E-state index contributed by atoms with van der Waals surface area (Å²) in [5, 5.41) is 16.1. The zero-order valence-corrected chi connectivity index (χ0v) is 19.6. The van der Waals surface area contributed by atoms with Gasteiger partial charge >= 0.3 is 0 Å². The lowest BCUT2D eigenvalue weighted by molar-refractivity contribution is -0.122. The molecule has 0 radical (unpaired) electrons. The molecular formula is C19H32IN5O4. The standard InChI is InChI=1S/C19H31N5O4.HI/c1-20-19(22-13-15-12-16(28-3)4-5-17(15)25)24-9-7-23(8-10-24)14-18(26)21-6-11-27-2;/h4-5,12,25H,6-11,13-14H2,1-3H3,(H,20,22)(H,21,26);1H. The number of rotatable bonds is 8. The van der Waals surface area contributed by atoms with E-state index in [0.29, 0.717) is 32.0 Å². The molecule has 1 aliphatic heterocycles. The van der Waals surface area contributed by atoms with Gasteiger partial charge in [-0.25, -0.2) is 0 Å². The third-order valence-corrected chi connectivity index (χ3v) is 4.60. The number of piperazine rings is 1. The summed E-state index contributed by atoms with van der Waals surface area (Å²) in [4.78, 5) is 20.5. The first kappa shape index (κ1) is 25.2. The number of phenolic OH excluding ortho intramolecular Hbond substituents is 1. The van der Waals surface area contributed by atoms with Crippen LogP contribution >= 0.6 is 24.0 Å². The summed E-state index contributed by atoms with van der Waals surface area (Å²) < 4.78 is 10.1. The highest BCUT2D eigenvalue weighted by Gasteiger charge is 2.21. The van der Waals surface area contributed by atoms with Crippen molar-refractivity contribution in [2.24, 2.45) is 4.99 Å². The van der Waals surface area contributed by atoms with E-state index in [4.69, 9.17) is 9.47 Å². The Labute approximate surface area is 189 Å². The zero-order chi connectivity index (χ0) is 20.4. The number of amides is 1. The third-order valence-electron chi connectivity index (χ3n) is 4.60. The third kappa shape index (κ3) is 8.23. The lowest BCUT2D eigenvalue weighted by Gasteiger charge is -2.36. The van der Waals surface area contributed by atoms with Crippen molar-refractivity contribution in [3.05, 3.63) is 23.8 Å². The van der Waals surface area contributed by atoms with Gasteiger partial charge in [-0.3, -0.25) is 14.7 Å². The fourth-order valence-electron chi connectivity index (χ4n) is 3.01. The molecule has 1 aromatic carbocycles. The van der Waals surface area contributed by atoms with E-state index in [2.05, 4.69) is 25.4 Å². The zero-order valence-electron chi connectivity index (χ0n) is 17.3. The van der Waals surface area contributed by atoms with Crippen LogP contribution in [-0.2, 0) is 16.1 Å². The predicted octanol–water partition coefficient (Wildman–Crippen LogP) is 0.474. The maximum absolute atomic E-state index is 11.9. The fourth-order valence-corrected chi connectivity index (χ4v) is 3.01. The summed E-state index contributed by atoms with van der Waals surface area (Å²) in [5.74, 6) is 1.70. The van der Waals surface area contributed by atoms with Gasteiger partial charge in [0.15, 0.2) is 5.96 Å². The number of carbonyl (C=O) groups is 1. The normalized spacial score (nSPS) is 14.9. The first-order chi connectivity index (χ1) is 13.6. The summed E-state index contributed by atoms with van der Waals surface area (Å²) in [6.45, 7) is 4.99. The van der Waals surface area contributed by atoms with E-state index < -0.39 is 0 Å². The number of aliphatic imine (C=N–C) groups is 1. The lowest BCUT2D eigenvalue weighted by Crippen LogP contribution is -2.54. The maximum Gasteiger partial charge on any atom is 0.234 e. The minimum Gasteiger partial charge on any atom is -0.508 e. The number of aromatic hydroxyl groups is 1. The predicted molar refractivity (Wildman–Crippen MR) is 123 cm³/mol. The van der Waals surface area contributed by atoms with Crippen molar-refractivity contribution in [3.8, 4) is 11.5 Å². The van der Waals surface area contributed by atoms with Crippen molar-refractivity contribution in [3.63, 3.8) is 0 Å². The Balaban J connectivity index is 0.00000420. The van der Waals surface area contributed by atoms with E-state index in [0.717, 1.165) is 37.7 Å². The number of carbonyl (C=O) groups excluding carboxylic acids is 1. The number of hydrogen-bond acceptors (Lipinski definition) is 6. The van der Waals surface area contributed by atoms with Gasteiger partial charge < -0.3 is 30.1 Å². The topological polar surface area (TPSA) is 98.7 Å². The van der Waals surface area contributed by atoms with Crippen LogP contribution < -0.4 is 15.4 Å². The molecule has 10 heteroatoms. The summed E-state index contributed by atoms with van der Waals surface area (Å²) in [6, 6.07) is 5.14. The van der Waals surface area contributed by atoms with Crippen molar-refractivity contribution in [1.82, 2.24) is 20.4 Å². The van der Waals surface area contributed by atoms with Crippen LogP contribution in [0.3, 0.4) is 0 Å². The fraction of sp³-hybridized carbons (Fsp3) is 0.579. The molecule has 1 heterocycles. The van der Waals surface area contributed by atoms with Crippen molar-refractivity contribution in [2.75, 3.05) is 67.1 Å². The molecule has 1 aliphatic rings. The van der Waals surface area contributed by atoms with Gasteiger partial charge in [-0.05, 0) is 18.2 Å². The van der Waals surface area contributed by atoms with E-state index >= 15 is 0 Å². The molecule has 9 nitrogen and oxygen atoms in total. The number of methoxy groups -OCH3 is 2. The molecule has 1 aromatic rings. The molecule has 2 rings (SSSR count). The van der Waals surface area contributed by atoms with Crippen LogP contribution in [0.15, 0.2) is 23.2 Å². The van der Waals surface area contributed by atoms with Crippen molar-refractivity contribution in [1.29, 1.82) is 0 Å². The summed E-state index contributed by atoms with van der Waals surface area (Å²) in [6.07, 6.45) is 0. The molecule has 0 bridgehead atoms. The Morgan fingerprint density at radius 2 is 1.93 bits per heavy atom. The van der Waals surface area contributed by atoms with Crippen LogP contribution in [0.2, 0.25) is 0 Å². The number of hydrogen-bond donors (Lipinski definition) is 3. The van der Waals surface area contributed by atoms with E-state index in [-0.39, 0.29) is 35.6 Å². The van der Waals surface area contributed by atoms with Crippen LogP contribution in [0, 0.1) is 0 Å². The molecule has 1 amide bonds. The molecule has 0 aromatic heterocycles. The maximum atomic E-state index is 11.9. The Kier molecular flexibility index (Phi) is 11.7. The van der Waals surface area contributed by atoms with Gasteiger partial charge in [0.25, 0.3) is 0 Å². The second-order valence-corrected chi connectivity index (χ2v) is 6.50. The molecule has 29 heavy (non-hydrogen) atoms. The Morgan fingerprint density at radius 1 is 1.21 bits per heavy atom. The molecule has 0 atom stereocenters.